The molecule has 130 valence electrons. The molecule has 2 unspecified atom stereocenters. The lowest BCUT2D eigenvalue weighted by atomic mass is 10.1. The standard InChI is InChI=1S/C16H15Cl2N5OS/c1-9(12-5-4-11(17)8-13(12)18)20-14(24)10(2)25-16-21-15-19-6-3-7-23(15)22-16/h3-10H,1-2H3,(H,20,24). The summed E-state index contributed by atoms with van der Waals surface area (Å²) in [5.41, 5.74) is 0.812. The topological polar surface area (TPSA) is 72.2 Å². The van der Waals surface area contributed by atoms with Gasteiger partial charge in [0.15, 0.2) is 0 Å². The Kier molecular flexibility index (Phi) is 5.46. The smallest absolute Gasteiger partial charge is 0.253 e. The van der Waals surface area contributed by atoms with Crippen LogP contribution in [0.25, 0.3) is 5.78 Å². The average molecular weight is 396 g/mol. The number of halogens is 2. The number of hydrogen-bond donors (Lipinski definition) is 1. The van der Waals surface area contributed by atoms with Gasteiger partial charge < -0.3 is 5.32 Å². The summed E-state index contributed by atoms with van der Waals surface area (Å²) in [4.78, 5) is 20.8. The van der Waals surface area contributed by atoms with E-state index in [2.05, 4.69) is 20.4 Å². The lowest BCUT2D eigenvalue weighted by Crippen LogP contribution is -2.33. The summed E-state index contributed by atoms with van der Waals surface area (Å²) in [5, 5.41) is 8.44. The van der Waals surface area contributed by atoms with Crippen molar-refractivity contribution < 1.29 is 4.79 Å². The monoisotopic (exact) mass is 395 g/mol. The van der Waals surface area contributed by atoms with Crippen molar-refractivity contribution >= 4 is 46.6 Å². The summed E-state index contributed by atoms with van der Waals surface area (Å²) in [6.07, 6.45) is 3.40. The summed E-state index contributed by atoms with van der Waals surface area (Å²) >= 11 is 13.4. The zero-order chi connectivity index (χ0) is 18.0. The summed E-state index contributed by atoms with van der Waals surface area (Å²) in [6.45, 7) is 3.67. The Morgan fingerprint density at radius 3 is 2.84 bits per heavy atom. The van der Waals surface area contributed by atoms with Crippen molar-refractivity contribution in [3.63, 3.8) is 0 Å². The maximum atomic E-state index is 12.4. The van der Waals surface area contributed by atoms with E-state index in [1.54, 1.807) is 42.0 Å². The maximum absolute atomic E-state index is 12.4. The molecule has 25 heavy (non-hydrogen) atoms. The molecule has 0 aliphatic rings. The molecule has 0 aliphatic carbocycles. The molecule has 0 radical (unpaired) electrons. The number of carbonyl (C=O) groups is 1. The van der Waals surface area contributed by atoms with Gasteiger partial charge >= 0.3 is 0 Å². The molecule has 2 heterocycles. The van der Waals surface area contributed by atoms with Gasteiger partial charge in [-0.15, -0.1) is 5.10 Å². The number of carbonyl (C=O) groups excluding carboxylic acids is 1. The van der Waals surface area contributed by atoms with Gasteiger partial charge in [-0.2, -0.15) is 4.98 Å². The number of thioether (sulfide) groups is 1. The van der Waals surface area contributed by atoms with E-state index in [0.717, 1.165) is 5.56 Å². The maximum Gasteiger partial charge on any atom is 0.253 e. The Labute approximate surface area is 158 Å². The largest absolute Gasteiger partial charge is 0.349 e. The van der Waals surface area contributed by atoms with E-state index in [0.29, 0.717) is 21.0 Å². The summed E-state index contributed by atoms with van der Waals surface area (Å²) in [7, 11) is 0. The van der Waals surface area contributed by atoms with E-state index in [-0.39, 0.29) is 17.2 Å². The quantitative estimate of drug-likeness (QED) is 0.665. The molecule has 3 aromatic rings. The Hall–Kier alpha value is -1.83. The number of nitrogens with zero attached hydrogens (tertiary/aromatic N) is 4. The van der Waals surface area contributed by atoms with Crippen molar-refractivity contribution in [3.05, 3.63) is 52.3 Å². The van der Waals surface area contributed by atoms with E-state index < -0.39 is 0 Å². The van der Waals surface area contributed by atoms with Crippen LogP contribution in [0.5, 0.6) is 0 Å². The van der Waals surface area contributed by atoms with Gasteiger partial charge in [-0.3, -0.25) is 4.79 Å². The lowest BCUT2D eigenvalue weighted by molar-refractivity contribution is -0.120. The van der Waals surface area contributed by atoms with Crippen LogP contribution in [-0.2, 0) is 4.79 Å². The van der Waals surface area contributed by atoms with E-state index >= 15 is 0 Å². The molecule has 6 nitrogen and oxygen atoms in total. The van der Waals surface area contributed by atoms with Gasteiger partial charge in [-0.25, -0.2) is 9.50 Å². The lowest BCUT2D eigenvalue weighted by Gasteiger charge is -2.18. The summed E-state index contributed by atoms with van der Waals surface area (Å²) in [6, 6.07) is 6.74. The molecule has 2 atom stereocenters. The second-order valence-electron chi connectivity index (χ2n) is 5.41. The summed E-state index contributed by atoms with van der Waals surface area (Å²) < 4.78 is 1.57. The second-order valence-corrected chi connectivity index (χ2v) is 7.57. The normalized spacial score (nSPS) is 13.6. The highest BCUT2D eigenvalue weighted by Gasteiger charge is 2.20. The number of fused-ring (bicyclic) bond motifs is 1. The molecule has 0 fully saturated rings. The second kappa shape index (κ2) is 7.59. The van der Waals surface area contributed by atoms with E-state index in [1.807, 2.05) is 13.0 Å². The fourth-order valence-corrected chi connectivity index (χ4v) is 3.57. The minimum Gasteiger partial charge on any atom is -0.349 e. The number of aromatic nitrogens is 4. The van der Waals surface area contributed by atoms with Gasteiger partial charge in [0.1, 0.15) is 0 Å². The van der Waals surface area contributed by atoms with Crippen LogP contribution in [0.15, 0.2) is 41.8 Å². The van der Waals surface area contributed by atoms with E-state index in [1.165, 1.54) is 11.8 Å². The van der Waals surface area contributed by atoms with Crippen LogP contribution in [0.2, 0.25) is 10.0 Å². The zero-order valence-electron chi connectivity index (χ0n) is 13.5. The van der Waals surface area contributed by atoms with Gasteiger partial charge in [-0.05, 0) is 37.6 Å². The average Bonchev–Trinajstić information content (AvgIpc) is 2.96. The first-order valence-electron chi connectivity index (χ1n) is 7.53. The third kappa shape index (κ3) is 4.23. The molecule has 9 heteroatoms. The predicted molar refractivity (Wildman–Crippen MR) is 99.1 cm³/mol. The molecule has 0 aliphatic heterocycles. The molecule has 2 aromatic heterocycles. The van der Waals surface area contributed by atoms with Crippen LogP contribution >= 0.6 is 35.0 Å². The first kappa shape index (κ1) is 18.0. The summed E-state index contributed by atoms with van der Waals surface area (Å²) in [5.74, 6) is 0.370. The van der Waals surface area contributed by atoms with Crippen molar-refractivity contribution in [1.29, 1.82) is 0 Å². The fourth-order valence-electron chi connectivity index (χ4n) is 2.24. The molecule has 0 bridgehead atoms. The van der Waals surface area contributed by atoms with Crippen molar-refractivity contribution in [3.8, 4) is 0 Å². The molecule has 1 aromatic carbocycles. The highest BCUT2D eigenvalue weighted by Crippen LogP contribution is 2.27. The Bertz CT molecular complexity index is 883. The zero-order valence-corrected chi connectivity index (χ0v) is 15.8. The van der Waals surface area contributed by atoms with E-state index in [9.17, 15) is 4.79 Å². The first-order chi connectivity index (χ1) is 11.9. The molecule has 1 amide bonds. The van der Waals surface area contributed by atoms with Crippen LogP contribution in [0, 0.1) is 0 Å². The molecular formula is C16H15Cl2N5OS. The van der Waals surface area contributed by atoms with Gasteiger partial charge in [0.2, 0.25) is 11.1 Å². The van der Waals surface area contributed by atoms with Crippen molar-refractivity contribution in [2.24, 2.45) is 0 Å². The molecule has 0 saturated carbocycles. The van der Waals surface area contributed by atoms with Crippen molar-refractivity contribution in [1.82, 2.24) is 24.9 Å². The number of amides is 1. The Morgan fingerprint density at radius 1 is 1.32 bits per heavy atom. The van der Waals surface area contributed by atoms with Crippen LogP contribution < -0.4 is 5.32 Å². The van der Waals surface area contributed by atoms with Crippen LogP contribution in [-0.4, -0.2) is 30.7 Å². The molecule has 0 spiro atoms. The van der Waals surface area contributed by atoms with Crippen LogP contribution in [0.4, 0.5) is 0 Å². The van der Waals surface area contributed by atoms with Gasteiger partial charge in [-0.1, -0.05) is 41.0 Å². The fraction of sp³-hybridized carbons (Fsp3) is 0.250. The first-order valence-corrected chi connectivity index (χ1v) is 9.17. The van der Waals surface area contributed by atoms with Gasteiger partial charge in [0, 0.05) is 22.4 Å². The molecule has 1 N–H and O–H groups in total. The van der Waals surface area contributed by atoms with Crippen molar-refractivity contribution in [2.75, 3.05) is 0 Å². The third-order valence-corrected chi connectivity index (χ3v) is 5.05. The van der Waals surface area contributed by atoms with E-state index in [4.69, 9.17) is 23.2 Å². The minimum atomic E-state index is -0.370. The van der Waals surface area contributed by atoms with Gasteiger partial charge in [0.05, 0.1) is 11.3 Å². The predicted octanol–water partition coefficient (Wildman–Crippen LogP) is 3.79. The molecular weight excluding hydrogens is 381 g/mol. The minimum absolute atomic E-state index is 0.129. The van der Waals surface area contributed by atoms with Crippen LogP contribution in [0.1, 0.15) is 25.5 Å². The van der Waals surface area contributed by atoms with Crippen molar-refractivity contribution in [2.45, 2.75) is 30.3 Å². The number of hydrogen-bond acceptors (Lipinski definition) is 5. The Balaban J connectivity index is 1.65. The number of rotatable bonds is 5. The Morgan fingerprint density at radius 2 is 2.12 bits per heavy atom. The molecule has 3 rings (SSSR count). The van der Waals surface area contributed by atoms with Gasteiger partial charge in [0.25, 0.3) is 5.78 Å². The SMILES string of the molecule is CC(Sc1nc2ncccn2n1)C(=O)NC(C)c1ccc(Cl)cc1Cl. The highest BCUT2D eigenvalue weighted by molar-refractivity contribution is 8.00. The third-order valence-electron chi connectivity index (χ3n) is 3.54. The molecule has 0 saturated heterocycles. The highest BCUT2D eigenvalue weighted by atomic mass is 35.5. The number of nitrogens with one attached hydrogen (secondary N) is 1. The van der Waals surface area contributed by atoms with Crippen LogP contribution in [0.3, 0.4) is 0 Å². The number of benzene rings is 1.